The molecule has 1 aromatic carbocycles. The lowest BCUT2D eigenvalue weighted by Crippen LogP contribution is -2.31. The summed E-state index contributed by atoms with van der Waals surface area (Å²) < 4.78 is 38.2. The smallest absolute Gasteiger partial charge is 0.394 e. The molecule has 2 N–H and O–H groups in total. The Bertz CT molecular complexity index is 382. The highest BCUT2D eigenvalue weighted by molar-refractivity contribution is 5.29. The number of aliphatic hydroxyl groups excluding tert-OH is 2. The van der Waals surface area contributed by atoms with Crippen LogP contribution in [0.15, 0.2) is 24.3 Å². The van der Waals surface area contributed by atoms with Crippen molar-refractivity contribution < 1.29 is 23.4 Å². The molecule has 0 unspecified atom stereocenters. The Morgan fingerprint density at radius 3 is 2.44 bits per heavy atom. The lowest BCUT2D eigenvalue weighted by atomic mass is 10.1. The molecular weight excluding hydrogens is 247 g/mol. The number of likely N-dealkylation sites (N-methyl/N-ethyl adjacent to an activating group) is 1. The van der Waals surface area contributed by atoms with Crippen LogP contribution in [0.2, 0.25) is 0 Å². The molecule has 0 aliphatic carbocycles. The first-order chi connectivity index (χ1) is 8.34. The minimum atomic E-state index is -4.38. The predicted octanol–water partition coefficient (Wildman–Crippen LogP) is 1.49. The molecule has 1 atom stereocenters. The van der Waals surface area contributed by atoms with E-state index in [0.29, 0.717) is 0 Å². The van der Waals surface area contributed by atoms with Gasteiger partial charge in [0, 0.05) is 13.1 Å². The highest BCUT2D eigenvalue weighted by atomic mass is 19.4. The summed E-state index contributed by atoms with van der Waals surface area (Å²) in [5.74, 6) is 0. The summed E-state index contributed by atoms with van der Waals surface area (Å²) in [7, 11) is 1.59. The average molecular weight is 263 g/mol. The molecule has 0 saturated carbocycles. The zero-order valence-electron chi connectivity index (χ0n) is 9.98. The lowest BCUT2D eigenvalue weighted by molar-refractivity contribution is -0.138. The van der Waals surface area contributed by atoms with Gasteiger partial charge in [0.15, 0.2) is 0 Å². The van der Waals surface area contributed by atoms with Gasteiger partial charge in [0.05, 0.1) is 18.3 Å². The van der Waals surface area contributed by atoms with Crippen molar-refractivity contribution in [3.63, 3.8) is 0 Å². The van der Waals surface area contributed by atoms with Crippen molar-refractivity contribution in [1.29, 1.82) is 0 Å². The first kappa shape index (κ1) is 14.9. The maximum Gasteiger partial charge on any atom is 0.416 e. The first-order valence-electron chi connectivity index (χ1n) is 5.47. The second kappa shape index (κ2) is 6.17. The number of hydrogen-bond donors (Lipinski definition) is 2. The van der Waals surface area contributed by atoms with E-state index in [4.69, 9.17) is 5.11 Å². The highest BCUT2D eigenvalue weighted by Crippen LogP contribution is 2.32. The average Bonchev–Trinajstić information content (AvgIpc) is 2.27. The number of benzene rings is 1. The molecule has 0 heterocycles. The molecule has 0 amide bonds. The number of aliphatic hydroxyl groups is 2. The maximum absolute atomic E-state index is 12.7. The van der Waals surface area contributed by atoms with Crippen molar-refractivity contribution in [2.24, 2.45) is 0 Å². The summed E-state index contributed by atoms with van der Waals surface area (Å²) in [5, 5.41) is 17.9. The van der Waals surface area contributed by atoms with Crippen LogP contribution in [0, 0.1) is 0 Å². The van der Waals surface area contributed by atoms with Crippen LogP contribution in [0.3, 0.4) is 0 Å². The van der Waals surface area contributed by atoms with E-state index in [2.05, 4.69) is 0 Å². The van der Waals surface area contributed by atoms with E-state index >= 15 is 0 Å². The van der Waals surface area contributed by atoms with Gasteiger partial charge in [-0.3, -0.25) is 4.90 Å². The van der Waals surface area contributed by atoms with E-state index in [1.165, 1.54) is 17.0 Å². The van der Waals surface area contributed by atoms with Crippen molar-refractivity contribution in [3.05, 3.63) is 35.4 Å². The van der Waals surface area contributed by atoms with Gasteiger partial charge in [0.1, 0.15) is 0 Å². The zero-order valence-corrected chi connectivity index (χ0v) is 9.98. The van der Waals surface area contributed by atoms with Crippen LogP contribution in [0.5, 0.6) is 0 Å². The van der Waals surface area contributed by atoms with Crippen molar-refractivity contribution in [3.8, 4) is 0 Å². The summed E-state index contributed by atoms with van der Waals surface area (Å²) in [4.78, 5) is 1.53. The summed E-state index contributed by atoms with van der Waals surface area (Å²) in [6, 6.07) is 5.33. The number of alkyl halides is 3. The van der Waals surface area contributed by atoms with Crippen LogP contribution in [0.1, 0.15) is 11.1 Å². The minimum absolute atomic E-state index is 0.0622. The van der Waals surface area contributed by atoms with Gasteiger partial charge < -0.3 is 10.2 Å². The topological polar surface area (TPSA) is 43.7 Å². The molecular formula is C12H16F3NO2. The first-order valence-corrected chi connectivity index (χ1v) is 5.47. The van der Waals surface area contributed by atoms with Gasteiger partial charge in [-0.2, -0.15) is 13.2 Å². The summed E-state index contributed by atoms with van der Waals surface area (Å²) >= 11 is 0. The van der Waals surface area contributed by atoms with Crippen LogP contribution in [-0.4, -0.2) is 41.4 Å². The molecule has 0 aliphatic rings. The summed E-state index contributed by atoms with van der Waals surface area (Å²) in [6.07, 6.45) is -5.33. The van der Waals surface area contributed by atoms with E-state index in [1.807, 2.05) is 0 Å². The van der Waals surface area contributed by atoms with Crippen LogP contribution in [0.25, 0.3) is 0 Å². The third-order valence-electron chi connectivity index (χ3n) is 2.50. The van der Waals surface area contributed by atoms with Crippen molar-refractivity contribution in [2.75, 3.05) is 20.2 Å². The van der Waals surface area contributed by atoms with E-state index in [-0.39, 0.29) is 18.7 Å². The molecule has 0 bridgehead atoms. The molecule has 0 aliphatic heterocycles. The molecule has 6 heteroatoms. The van der Waals surface area contributed by atoms with E-state index in [0.717, 1.165) is 6.07 Å². The van der Waals surface area contributed by atoms with Crippen molar-refractivity contribution in [2.45, 2.75) is 18.8 Å². The van der Waals surface area contributed by atoms with E-state index in [9.17, 15) is 18.3 Å². The van der Waals surface area contributed by atoms with Gasteiger partial charge in [-0.1, -0.05) is 18.2 Å². The Labute approximate surface area is 103 Å². The van der Waals surface area contributed by atoms with Crippen LogP contribution >= 0.6 is 0 Å². The summed E-state index contributed by atoms with van der Waals surface area (Å²) in [6.45, 7) is -0.235. The van der Waals surface area contributed by atoms with Crippen LogP contribution in [-0.2, 0) is 12.7 Å². The molecule has 0 fully saturated rings. The Balaban J connectivity index is 2.78. The highest BCUT2D eigenvalue weighted by Gasteiger charge is 2.33. The fourth-order valence-electron chi connectivity index (χ4n) is 1.71. The van der Waals surface area contributed by atoms with Gasteiger partial charge in [0.25, 0.3) is 0 Å². The second-order valence-electron chi connectivity index (χ2n) is 4.19. The molecule has 0 saturated heterocycles. The Morgan fingerprint density at radius 2 is 1.89 bits per heavy atom. The molecule has 3 nitrogen and oxygen atoms in total. The third kappa shape index (κ3) is 4.29. The molecule has 1 aromatic rings. The standard InChI is InChI=1S/C12H16F3NO2/c1-16(7-10(18)8-17)6-9-4-2-3-5-11(9)12(13,14)15/h2-5,10,17-18H,6-8H2,1H3/t10-/m0/s1. The minimum Gasteiger partial charge on any atom is -0.394 e. The maximum atomic E-state index is 12.7. The molecule has 102 valence electrons. The SMILES string of the molecule is CN(Cc1ccccc1C(F)(F)F)C[C@H](O)CO. The fraction of sp³-hybridized carbons (Fsp3) is 0.500. The van der Waals surface area contributed by atoms with Crippen molar-refractivity contribution >= 4 is 0 Å². The second-order valence-corrected chi connectivity index (χ2v) is 4.19. The molecule has 18 heavy (non-hydrogen) atoms. The van der Waals surface area contributed by atoms with Gasteiger partial charge in [0.2, 0.25) is 0 Å². The number of nitrogens with zero attached hydrogens (tertiary/aromatic N) is 1. The Kier molecular flexibility index (Phi) is 5.13. The van der Waals surface area contributed by atoms with Gasteiger partial charge >= 0.3 is 6.18 Å². The fourth-order valence-corrected chi connectivity index (χ4v) is 1.71. The van der Waals surface area contributed by atoms with E-state index < -0.39 is 24.5 Å². The third-order valence-corrected chi connectivity index (χ3v) is 2.50. The molecule has 0 spiro atoms. The summed E-state index contributed by atoms with van der Waals surface area (Å²) in [5.41, 5.74) is -0.520. The Morgan fingerprint density at radius 1 is 1.28 bits per heavy atom. The van der Waals surface area contributed by atoms with Gasteiger partial charge in [-0.05, 0) is 18.7 Å². The van der Waals surface area contributed by atoms with Crippen LogP contribution in [0.4, 0.5) is 13.2 Å². The van der Waals surface area contributed by atoms with Gasteiger partial charge in [-0.15, -0.1) is 0 Å². The number of rotatable bonds is 5. The monoisotopic (exact) mass is 263 g/mol. The molecule has 0 aromatic heterocycles. The normalized spacial score (nSPS) is 13.9. The molecule has 1 rings (SSSR count). The predicted molar refractivity (Wildman–Crippen MR) is 60.9 cm³/mol. The lowest BCUT2D eigenvalue weighted by Gasteiger charge is -2.21. The quantitative estimate of drug-likeness (QED) is 0.846. The zero-order chi connectivity index (χ0) is 13.8. The number of halogens is 3. The van der Waals surface area contributed by atoms with E-state index in [1.54, 1.807) is 13.1 Å². The number of hydrogen-bond acceptors (Lipinski definition) is 3. The molecule has 0 radical (unpaired) electrons. The van der Waals surface area contributed by atoms with Crippen molar-refractivity contribution in [1.82, 2.24) is 4.90 Å². The van der Waals surface area contributed by atoms with Gasteiger partial charge in [-0.25, -0.2) is 0 Å². The largest absolute Gasteiger partial charge is 0.416 e. The van der Waals surface area contributed by atoms with Crippen LogP contribution < -0.4 is 0 Å². The Hall–Kier alpha value is -1.11.